The average molecular weight is 402 g/mol. The summed E-state index contributed by atoms with van der Waals surface area (Å²) in [5.41, 5.74) is 3.29. The van der Waals surface area contributed by atoms with Crippen molar-refractivity contribution < 1.29 is 23.4 Å². The Morgan fingerprint density at radius 2 is 1.90 bits per heavy atom. The monoisotopic (exact) mass is 401 g/mol. The second-order valence-corrected chi connectivity index (χ2v) is 7.78. The molecular formula is C23H31NO5. The number of nitrogens with zero attached hydrogens (tertiary/aromatic N) is 1. The molecule has 6 heteroatoms. The Balaban J connectivity index is 1.47. The van der Waals surface area contributed by atoms with Gasteiger partial charge in [-0.2, -0.15) is 0 Å². The van der Waals surface area contributed by atoms with Gasteiger partial charge in [0.05, 0.1) is 26.0 Å². The molecule has 2 heterocycles. The highest BCUT2D eigenvalue weighted by Crippen LogP contribution is 2.27. The molecule has 0 atom stereocenters. The number of esters is 1. The van der Waals surface area contributed by atoms with Crippen molar-refractivity contribution >= 4 is 5.97 Å². The van der Waals surface area contributed by atoms with E-state index in [4.69, 9.17) is 23.6 Å². The van der Waals surface area contributed by atoms with Gasteiger partial charge in [-0.05, 0) is 38.3 Å². The van der Waals surface area contributed by atoms with Gasteiger partial charge in [0.15, 0.2) is 0 Å². The molecule has 0 amide bonds. The van der Waals surface area contributed by atoms with Crippen LogP contribution in [0.15, 0.2) is 28.7 Å². The number of ether oxygens (including phenoxy) is 3. The van der Waals surface area contributed by atoms with Gasteiger partial charge in [0.25, 0.3) is 5.79 Å². The summed E-state index contributed by atoms with van der Waals surface area (Å²) in [5, 5.41) is 0. The molecule has 3 rings (SSSR count). The fourth-order valence-electron chi connectivity index (χ4n) is 3.51. The molecule has 6 nitrogen and oxygen atoms in total. The maximum atomic E-state index is 11.7. The maximum absolute atomic E-state index is 11.7. The molecule has 0 aliphatic carbocycles. The van der Waals surface area contributed by atoms with Crippen LogP contribution in [0.2, 0.25) is 0 Å². The Kier molecular flexibility index (Phi) is 7.09. The lowest BCUT2D eigenvalue weighted by Gasteiger charge is -2.35. The molecule has 2 aromatic rings. The third-order valence-corrected chi connectivity index (χ3v) is 5.42. The lowest BCUT2D eigenvalue weighted by molar-refractivity contribution is -0.272. The molecule has 0 radical (unpaired) electrons. The molecule has 0 saturated carbocycles. The molecule has 1 saturated heterocycles. The molecule has 1 aromatic carbocycles. The van der Waals surface area contributed by atoms with Crippen LogP contribution >= 0.6 is 0 Å². The number of aryl methyl sites for hydroxylation is 3. The van der Waals surface area contributed by atoms with E-state index in [1.54, 1.807) is 6.92 Å². The van der Waals surface area contributed by atoms with Crippen molar-refractivity contribution in [3.05, 3.63) is 41.3 Å². The van der Waals surface area contributed by atoms with Crippen molar-refractivity contribution in [3.8, 4) is 11.5 Å². The fourth-order valence-corrected chi connectivity index (χ4v) is 3.51. The van der Waals surface area contributed by atoms with Gasteiger partial charge in [-0.1, -0.05) is 31.0 Å². The summed E-state index contributed by atoms with van der Waals surface area (Å²) < 4.78 is 22.0. The molecule has 29 heavy (non-hydrogen) atoms. The van der Waals surface area contributed by atoms with Crippen LogP contribution in [0.25, 0.3) is 11.5 Å². The fraction of sp³-hybridized carbons (Fsp3) is 0.565. The lowest BCUT2D eigenvalue weighted by atomic mass is 10.0. The van der Waals surface area contributed by atoms with Crippen LogP contribution in [-0.2, 0) is 31.8 Å². The summed E-state index contributed by atoms with van der Waals surface area (Å²) in [7, 11) is 1.34. The molecule has 1 aromatic heterocycles. The minimum Gasteiger partial charge on any atom is -0.465 e. The number of unbranched alkanes of at least 4 members (excludes halogenated alkanes) is 1. The third kappa shape index (κ3) is 5.25. The minimum atomic E-state index is -1.27. The van der Waals surface area contributed by atoms with Gasteiger partial charge in [0.2, 0.25) is 5.89 Å². The topological polar surface area (TPSA) is 70.8 Å². The molecule has 0 N–H and O–H groups in total. The normalized spacial score (nSPS) is 21.9. The van der Waals surface area contributed by atoms with Crippen LogP contribution in [0.1, 0.15) is 50.1 Å². The van der Waals surface area contributed by atoms with Crippen LogP contribution in [0.5, 0.6) is 0 Å². The number of hydrogen-bond donors (Lipinski definition) is 0. The average Bonchev–Trinajstić information content (AvgIpc) is 3.15. The van der Waals surface area contributed by atoms with E-state index in [-0.39, 0.29) is 0 Å². The smallest absolute Gasteiger partial charge is 0.366 e. The van der Waals surface area contributed by atoms with Gasteiger partial charge < -0.3 is 18.6 Å². The molecule has 0 spiro atoms. The van der Waals surface area contributed by atoms with Crippen LogP contribution in [0, 0.1) is 12.8 Å². The Hall–Kier alpha value is -2.18. The van der Waals surface area contributed by atoms with E-state index in [0.29, 0.717) is 25.0 Å². The van der Waals surface area contributed by atoms with E-state index in [9.17, 15) is 4.79 Å². The molecule has 1 fully saturated rings. The number of carbonyl (C=O) groups excluding carboxylic acids is 1. The first-order valence-electron chi connectivity index (χ1n) is 10.4. The predicted molar refractivity (Wildman–Crippen MR) is 109 cm³/mol. The maximum Gasteiger partial charge on any atom is 0.366 e. The van der Waals surface area contributed by atoms with Gasteiger partial charge in [-0.25, -0.2) is 9.78 Å². The summed E-state index contributed by atoms with van der Waals surface area (Å²) in [5.74, 6) is 0.206. The molecule has 0 bridgehead atoms. The zero-order chi connectivity index (χ0) is 20.9. The minimum absolute atomic E-state index is 0.291. The van der Waals surface area contributed by atoms with Gasteiger partial charge in [0.1, 0.15) is 5.76 Å². The zero-order valence-electron chi connectivity index (χ0n) is 17.8. The summed E-state index contributed by atoms with van der Waals surface area (Å²) in [6.07, 6.45) is 4.79. The van der Waals surface area contributed by atoms with Crippen LogP contribution in [-0.4, -0.2) is 37.1 Å². The molecular weight excluding hydrogens is 370 g/mol. The highest BCUT2D eigenvalue weighted by Gasteiger charge is 2.41. The molecule has 1 aliphatic rings. The van der Waals surface area contributed by atoms with Crippen molar-refractivity contribution in [2.24, 2.45) is 5.92 Å². The number of aromatic nitrogens is 1. The number of rotatable bonds is 8. The SMILES string of the molecule is CCc1oc(-c2ccc(C)cc2)nc1CCCC[C@H]1CO[C@@](C)(C(=O)OC)OC1. The predicted octanol–water partition coefficient (Wildman–Crippen LogP) is 4.48. The zero-order valence-corrected chi connectivity index (χ0v) is 17.8. The van der Waals surface area contributed by atoms with E-state index < -0.39 is 11.8 Å². The van der Waals surface area contributed by atoms with Crippen LogP contribution < -0.4 is 0 Å². The molecule has 1 aliphatic heterocycles. The number of hydrogen-bond acceptors (Lipinski definition) is 6. The Morgan fingerprint density at radius 3 is 2.52 bits per heavy atom. The number of carbonyl (C=O) groups is 1. The summed E-state index contributed by atoms with van der Waals surface area (Å²) in [6.45, 7) is 6.79. The lowest BCUT2D eigenvalue weighted by Crippen LogP contribution is -2.48. The highest BCUT2D eigenvalue weighted by atomic mass is 16.7. The summed E-state index contributed by atoms with van der Waals surface area (Å²) >= 11 is 0. The van der Waals surface area contributed by atoms with Crippen molar-refractivity contribution in [1.29, 1.82) is 0 Å². The van der Waals surface area contributed by atoms with Crippen molar-refractivity contribution in [1.82, 2.24) is 4.98 Å². The standard InChI is InChI=1S/C23H31NO5/c1-5-20-19(24-21(29-20)18-12-10-16(2)11-13-18)9-7-6-8-17-14-27-23(3,28-15-17)22(25)26-4/h10-13,17H,5-9,14-15H2,1-4H3/t17-,23+. The second kappa shape index (κ2) is 9.55. The first-order chi connectivity index (χ1) is 13.9. The van der Waals surface area contributed by atoms with E-state index in [0.717, 1.165) is 49.1 Å². The van der Waals surface area contributed by atoms with Crippen LogP contribution in [0.3, 0.4) is 0 Å². The Bertz CT molecular complexity index is 803. The second-order valence-electron chi connectivity index (χ2n) is 7.78. The van der Waals surface area contributed by atoms with E-state index in [2.05, 4.69) is 38.1 Å². The first-order valence-corrected chi connectivity index (χ1v) is 10.4. The van der Waals surface area contributed by atoms with E-state index >= 15 is 0 Å². The summed E-state index contributed by atoms with van der Waals surface area (Å²) in [6, 6.07) is 8.25. The summed E-state index contributed by atoms with van der Waals surface area (Å²) in [4.78, 5) is 16.5. The van der Waals surface area contributed by atoms with Gasteiger partial charge in [-0.15, -0.1) is 0 Å². The molecule has 0 unspecified atom stereocenters. The quantitative estimate of drug-likeness (QED) is 0.480. The van der Waals surface area contributed by atoms with Gasteiger partial charge in [0, 0.05) is 24.8 Å². The highest BCUT2D eigenvalue weighted by molar-refractivity contribution is 5.77. The first kappa shape index (κ1) is 21.5. The largest absolute Gasteiger partial charge is 0.465 e. The molecule has 158 valence electrons. The van der Waals surface area contributed by atoms with Crippen molar-refractivity contribution in [2.75, 3.05) is 20.3 Å². The number of benzene rings is 1. The Morgan fingerprint density at radius 1 is 1.21 bits per heavy atom. The number of oxazole rings is 1. The van der Waals surface area contributed by atoms with Crippen LogP contribution in [0.4, 0.5) is 0 Å². The Labute approximate surface area is 172 Å². The number of methoxy groups -OCH3 is 1. The van der Waals surface area contributed by atoms with Gasteiger partial charge in [-0.3, -0.25) is 0 Å². The van der Waals surface area contributed by atoms with E-state index in [1.807, 2.05) is 0 Å². The van der Waals surface area contributed by atoms with Gasteiger partial charge >= 0.3 is 5.97 Å². The third-order valence-electron chi connectivity index (χ3n) is 5.42. The van der Waals surface area contributed by atoms with Crippen molar-refractivity contribution in [2.45, 2.75) is 58.7 Å². The van der Waals surface area contributed by atoms with Crippen molar-refractivity contribution in [3.63, 3.8) is 0 Å². The van der Waals surface area contributed by atoms with E-state index in [1.165, 1.54) is 12.7 Å².